The van der Waals surface area contributed by atoms with E-state index in [2.05, 4.69) is 0 Å². The zero-order valence-electron chi connectivity index (χ0n) is 11.9. The maximum absolute atomic E-state index is 12.1. The van der Waals surface area contributed by atoms with Crippen molar-refractivity contribution >= 4 is 5.91 Å². The van der Waals surface area contributed by atoms with Crippen LogP contribution < -0.4 is 10.5 Å². The number of morpholine rings is 1. The van der Waals surface area contributed by atoms with E-state index in [-0.39, 0.29) is 18.6 Å². The summed E-state index contributed by atoms with van der Waals surface area (Å²) in [5.74, 6) is 0.841. The van der Waals surface area contributed by atoms with Gasteiger partial charge in [-0.3, -0.25) is 4.79 Å². The predicted molar refractivity (Wildman–Crippen MR) is 76.4 cm³/mol. The number of nitrogens with two attached hydrogens (primary N) is 1. The molecular weight excluding hydrogens is 256 g/mol. The maximum Gasteiger partial charge on any atom is 0.249 e. The zero-order valence-corrected chi connectivity index (χ0v) is 11.9. The van der Waals surface area contributed by atoms with Crippen LogP contribution in [0, 0.1) is 0 Å². The van der Waals surface area contributed by atoms with Crippen molar-refractivity contribution < 1.29 is 14.3 Å². The molecule has 1 aromatic rings. The molecule has 2 N–H and O–H groups in total. The van der Waals surface area contributed by atoms with Crippen molar-refractivity contribution in [3.05, 3.63) is 29.8 Å². The summed E-state index contributed by atoms with van der Waals surface area (Å²) in [6.07, 6.45) is 1.77. The Kier molecular flexibility index (Phi) is 5.38. The number of amides is 1. The van der Waals surface area contributed by atoms with E-state index in [1.807, 2.05) is 29.2 Å². The molecule has 1 aliphatic rings. The zero-order chi connectivity index (χ0) is 14.4. The highest BCUT2D eigenvalue weighted by atomic mass is 16.5. The molecule has 5 nitrogen and oxygen atoms in total. The summed E-state index contributed by atoms with van der Waals surface area (Å²) in [7, 11) is 1.64. The number of carbonyl (C=O) groups is 1. The molecule has 0 saturated carbocycles. The number of hydrogen-bond donors (Lipinski definition) is 1. The lowest BCUT2D eigenvalue weighted by atomic mass is 10.1. The van der Waals surface area contributed by atoms with Crippen molar-refractivity contribution in [2.75, 3.05) is 26.9 Å². The molecule has 5 heteroatoms. The highest BCUT2D eigenvalue weighted by Crippen LogP contribution is 2.23. The Labute approximate surface area is 119 Å². The van der Waals surface area contributed by atoms with Gasteiger partial charge in [-0.1, -0.05) is 18.2 Å². The van der Waals surface area contributed by atoms with Gasteiger partial charge < -0.3 is 20.1 Å². The van der Waals surface area contributed by atoms with Gasteiger partial charge in [0.25, 0.3) is 0 Å². The van der Waals surface area contributed by atoms with E-state index in [4.69, 9.17) is 15.2 Å². The number of carbonyl (C=O) groups excluding carboxylic acids is 1. The molecular formula is C15H22N2O3. The number of benzene rings is 1. The standard InChI is InChI=1S/C15H22N2O3/c1-19-14-7-3-2-5-12(14)9-17-13(6-4-8-16)10-20-11-15(17)18/h2-3,5,7,13H,4,6,8-11,16H2,1H3. The van der Waals surface area contributed by atoms with Crippen molar-refractivity contribution in [3.8, 4) is 5.75 Å². The summed E-state index contributed by atoms with van der Waals surface area (Å²) in [6, 6.07) is 7.88. The summed E-state index contributed by atoms with van der Waals surface area (Å²) < 4.78 is 10.7. The fourth-order valence-corrected chi connectivity index (χ4v) is 2.49. The van der Waals surface area contributed by atoms with Crippen LogP contribution in [0.2, 0.25) is 0 Å². The Morgan fingerprint density at radius 3 is 3.00 bits per heavy atom. The van der Waals surface area contributed by atoms with Crippen LogP contribution in [-0.2, 0) is 16.1 Å². The molecule has 0 spiro atoms. The van der Waals surface area contributed by atoms with Gasteiger partial charge in [-0.05, 0) is 25.5 Å². The topological polar surface area (TPSA) is 64.8 Å². The molecule has 0 aliphatic carbocycles. The second kappa shape index (κ2) is 7.26. The van der Waals surface area contributed by atoms with Crippen molar-refractivity contribution in [2.45, 2.75) is 25.4 Å². The van der Waals surface area contributed by atoms with Crippen molar-refractivity contribution in [3.63, 3.8) is 0 Å². The molecule has 1 atom stereocenters. The number of hydrogen-bond acceptors (Lipinski definition) is 4. The molecule has 1 unspecified atom stereocenters. The minimum atomic E-state index is 0.0316. The lowest BCUT2D eigenvalue weighted by Crippen LogP contribution is -2.49. The first-order valence-corrected chi connectivity index (χ1v) is 6.95. The second-order valence-electron chi connectivity index (χ2n) is 4.93. The van der Waals surface area contributed by atoms with Gasteiger partial charge >= 0.3 is 0 Å². The molecule has 0 aromatic heterocycles. The Bertz CT molecular complexity index is 450. The van der Waals surface area contributed by atoms with Gasteiger partial charge in [-0.2, -0.15) is 0 Å². The van der Waals surface area contributed by atoms with Crippen LogP contribution in [0.3, 0.4) is 0 Å². The third-order valence-electron chi connectivity index (χ3n) is 3.57. The number of nitrogens with zero attached hydrogens (tertiary/aromatic N) is 1. The van der Waals surface area contributed by atoms with Gasteiger partial charge in [0.2, 0.25) is 5.91 Å². The van der Waals surface area contributed by atoms with E-state index in [1.165, 1.54) is 0 Å². The maximum atomic E-state index is 12.1. The van der Waals surface area contributed by atoms with Gasteiger partial charge in [-0.15, -0.1) is 0 Å². The van der Waals surface area contributed by atoms with E-state index in [0.717, 1.165) is 24.2 Å². The molecule has 1 fully saturated rings. The van der Waals surface area contributed by atoms with Gasteiger partial charge in [-0.25, -0.2) is 0 Å². The molecule has 1 aromatic carbocycles. The lowest BCUT2D eigenvalue weighted by molar-refractivity contribution is -0.149. The summed E-state index contributed by atoms with van der Waals surface area (Å²) in [4.78, 5) is 14.0. The van der Waals surface area contributed by atoms with Crippen LogP contribution in [0.5, 0.6) is 5.75 Å². The van der Waals surface area contributed by atoms with Crippen molar-refractivity contribution in [1.82, 2.24) is 4.90 Å². The minimum absolute atomic E-state index is 0.0316. The van der Waals surface area contributed by atoms with Crippen molar-refractivity contribution in [1.29, 1.82) is 0 Å². The molecule has 1 amide bonds. The lowest BCUT2D eigenvalue weighted by Gasteiger charge is -2.36. The number of ether oxygens (including phenoxy) is 2. The third kappa shape index (κ3) is 3.49. The van der Waals surface area contributed by atoms with Crippen LogP contribution in [-0.4, -0.2) is 43.7 Å². The highest BCUT2D eigenvalue weighted by molar-refractivity contribution is 5.78. The van der Waals surface area contributed by atoms with Crippen LogP contribution in [0.25, 0.3) is 0 Å². The van der Waals surface area contributed by atoms with Gasteiger partial charge in [0.05, 0.1) is 19.8 Å². The van der Waals surface area contributed by atoms with Crippen molar-refractivity contribution in [2.24, 2.45) is 5.73 Å². The average molecular weight is 278 g/mol. The Hall–Kier alpha value is -1.59. The highest BCUT2D eigenvalue weighted by Gasteiger charge is 2.28. The van der Waals surface area contributed by atoms with Crippen LogP contribution in [0.4, 0.5) is 0 Å². The number of rotatable bonds is 6. The minimum Gasteiger partial charge on any atom is -0.496 e. The Morgan fingerprint density at radius 2 is 2.25 bits per heavy atom. The summed E-state index contributed by atoms with van der Waals surface area (Å²) >= 11 is 0. The largest absolute Gasteiger partial charge is 0.496 e. The van der Waals surface area contributed by atoms with E-state index in [0.29, 0.717) is 19.7 Å². The van der Waals surface area contributed by atoms with Crippen LogP contribution in [0.15, 0.2) is 24.3 Å². The average Bonchev–Trinajstić information content (AvgIpc) is 2.48. The first kappa shape index (κ1) is 14.8. The quantitative estimate of drug-likeness (QED) is 0.848. The molecule has 1 saturated heterocycles. The van der Waals surface area contributed by atoms with Crippen LogP contribution >= 0.6 is 0 Å². The number of methoxy groups -OCH3 is 1. The monoisotopic (exact) mass is 278 g/mol. The molecule has 0 bridgehead atoms. The van der Waals surface area contributed by atoms with Gasteiger partial charge in [0.1, 0.15) is 12.4 Å². The summed E-state index contributed by atoms with van der Waals surface area (Å²) in [6.45, 7) is 1.93. The molecule has 2 rings (SSSR count). The van der Waals surface area contributed by atoms with E-state index < -0.39 is 0 Å². The fraction of sp³-hybridized carbons (Fsp3) is 0.533. The predicted octanol–water partition coefficient (Wildman–Crippen LogP) is 1.16. The fourth-order valence-electron chi connectivity index (χ4n) is 2.49. The van der Waals surface area contributed by atoms with E-state index >= 15 is 0 Å². The van der Waals surface area contributed by atoms with Gasteiger partial charge in [0.15, 0.2) is 0 Å². The SMILES string of the molecule is COc1ccccc1CN1C(=O)COCC1CCCN. The Balaban J connectivity index is 2.12. The smallest absolute Gasteiger partial charge is 0.249 e. The Morgan fingerprint density at radius 1 is 1.45 bits per heavy atom. The molecule has 110 valence electrons. The molecule has 0 radical (unpaired) electrons. The normalized spacial score (nSPS) is 19.2. The van der Waals surface area contributed by atoms with Gasteiger partial charge in [0, 0.05) is 12.1 Å². The molecule has 1 heterocycles. The van der Waals surface area contributed by atoms with Crippen LogP contribution in [0.1, 0.15) is 18.4 Å². The van der Waals surface area contributed by atoms with E-state index in [9.17, 15) is 4.79 Å². The molecule has 1 aliphatic heterocycles. The third-order valence-corrected chi connectivity index (χ3v) is 3.57. The first-order valence-electron chi connectivity index (χ1n) is 6.95. The van der Waals surface area contributed by atoms with E-state index in [1.54, 1.807) is 7.11 Å². The first-order chi connectivity index (χ1) is 9.76. The number of para-hydroxylation sites is 1. The summed E-state index contributed by atoms with van der Waals surface area (Å²) in [5.41, 5.74) is 6.58. The second-order valence-corrected chi connectivity index (χ2v) is 4.93. The molecule has 20 heavy (non-hydrogen) atoms. The summed E-state index contributed by atoms with van der Waals surface area (Å²) in [5, 5.41) is 0.